The van der Waals surface area contributed by atoms with Crippen LogP contribution < -0.4 is 5.32 Å². The van der Waals surface area contributed by atoms with Crippen molar-refractivity contribution in [3.8, 4) is 0 Å². The third kappa shape index (κ3) is 5.44. The van der Waals surface area contributed by atoms with E-state index >= 15 is 0 Å². The predicted molar refractivity (Wildman–Crippen MR) is 68.4 cm³/mol. The van der Waals surface area contributed by atoms with E-state index in [-0.39, 0.29) is 6.42 Å². The maximum absolute atomic E-state index is 13.0. The molecule has 1 N–H and O–H groups in total. The van der Waals surface area contributed by atoms with Crippen molar-refractivity contribution >= 4 is 0 Å². The van der Waals surface area contributed by atoms with Crippen LogP contribution in [0.2, 0.25) is 0 Å². The van der Waals surface area contributed by atoms with Gasteiger partial charge in [-0.2, -0.15) is 0 Å². The zero-order valence-electron chi connectivity index (χ0n) is 10.6. The molecule has 1 unspecified atom stereocenters. The van der Waals surface area contributed by atoms with Gasteiger partial charge >= 0.3 is 0 Å². The van der Waals surface area contributed by atoms with Crippen molar-refractivity contribution in [2.75, 3.05) is 6.54 Å². The second-order valence-corrected chi connectivity index (χ2v) is 4.55. The Balaban J connectivity index is 0.000000202. The Hall–Kier alpha value is -0.700. The molecular formula is C14H23F2N. The normalized spacial score (nSPS) is 26.2. The highest BCUT2D eigenvalue weighted by atomic mass is 19.3. The van der Waals surface area contributed by atoms with Crippen molar-refractivity contribution in [1.29, 1.82) is 0 Å². The lowest BCUT2D eigenvalue weighted by atomic mass is 9.91. The Bertz CT molecular complexity index is 245. The first kappa shape index (κ1) is 14.4. The topological polar surface area (TPSA) is 12.0 Å². The van der Waals surface area contributed by atoms with Crippen LogP contribution in [0.15, 0.2) is 24.3 Å². The number of nitrogens with one attached hydrogen (secondary N) is 1. The molecule has 0 aromatic heterocycles. The molecule has 98 valence electrons. The van der Waals surface area contributed by atoms with Gasteiger partial charge in [-0.15, -0.1) is 0 Å². The number of rotatable bonds is 2. The molecule has 0 aliphatic heterocycles. The zero-order chi connectivity index (χ0) is 12.6. The largest absolute Gasteiger partial charge is 0.309 e. The Kier molecular flexibility index (Phi) is 6.41. The van der Waals surface area contributed by atoms with E-state index in [0.29, 0.717) is 19.4 Å². The van der Waals surface area contributed by atoms with E-state index in [1.165, 1.54) is 12.8 Å². The minimum absolute atomic E-state index is 0.0602. The van der Waals surface area contributed by atoms with E-state index in [1.807, 2.05) is 6.92 Å². The van der Waals surface area contributed by atoms with Crippen LogP contribution >= 0.6 is 0 Å². The molecule has 0 spiro atoms. The standard InChI is InChI=1S/C8H15F2N.C6H8/c1-2-11-7-5-3-4-6-8(7,9)10;1-2-4-6-5-3-1/h7,11H,2-6H2,1H3;1-4H,5-6H2. The predicted octanol–water partition coefficient (Wildman–Crippen LogP) is 4.07. The number of alkyl halides is 2. The summed E-state index contributed by atoms with van der Waals surface area (Å²) < 4.78 is 26.0. The summed E-state index contributed by atoms with van der Waals surface area (Å²) in [6, 6.07) is -0.568. The van der Waals surface area contributed by atoms with Crippen LogP contribution in [0.1, 0.15) is 45.4 Å². The summed E-state index contributed by atoms with van der Waals surface area (Å²) in [7, 11) is 0. The molecule has 3 heteroatoms. The highest BCUT2D eigenvalue weighted by Gasteiger charge is 2.40. The van der Waals surface area contributed by atoms with E-state index in [9.17, 15) is 8.78 Å². The molecule has 17 heavy (non-hydrogen) atoms. The second-order valence-electron chi connectivity index (χ2n) is 4.55. The average molecular weight is 243 g/mol. The summed E-state index contributed by atoms with van der Waals surface area (Å²) in [6.45, 7) is 2.50. The quantitative estimate of drug-likeness (QED) is 0.771. The van der Waals surface area contributed by atoms with Gasteiger partial charge in [-0.3, -0.25) is 0 Å². The molecule has 0 bridgehead atoms. The fourth-order valence-corrected chi connectivity index (χ4v) is 2.13. The maximum Gasteiger partial charge on any atom is 0.263 e. The first-order valence-corrected chi connectivity index (χ1v) is 6.59. The summed E-state index contributed by atoms with van der Waals surface area (Å²) in [5.41, 5.74) is 0. The lowest BCUT2D eigenvalue weighted by Crippen LogP contribution is -2.46. The Morgan fingerprint density at radius 2 is 1.82 bits per heavy atom. The number of allylic oxidation sites excluding steroid dienone is 4. The van der Waals surface area contributed by atoms with Crippen LogP contribution in [0.25, 0.3) is 0 Å². The molecule has 0 radical (unpaired) electrons. The molecule has 0 aromatic carbocycles. The van der Waals surface area contributed by atoms with Crippen molar-refractivity contribution in [2.24, 2.45) is 0 Å². The van der Waals surface area contributed by atoms with E-state index < -0.39 is 12.0 Å². The molecule has 2 aliphatic rings. The van der Waals surface area contributed by atoms with Crippen LogP contribution in [0.4, 0.5) is 8.78 Å². The number of halogens is 2. The Morgan fingerprint density at radius 1 is 1.18 bits per heavy atom. The Morgan fingerprint density at radius 3 is 2.24 bits per heavy atom. The molecule has 0 aromatic rings. The van der Waals surface area contributed by atoms with Crippen molar-refractivity contribution in [1.82, 2.24) is 5.32 Å². The third-order valence-electron chi connectivity index (χ3n) is 3.10. The molecule has 1 atom stereocenters. The van der Waals surface area contributed by atoms with Crippen LogP contribution in [-0.4, -0.2) is 18.5 Å². The van der Waals surface area contributed by atoms with Gasteiger partial charge in [0.15, 0.2) is 0 Å². The van der Waals surface area contributed by atoms with Gasteiger partial charge in [0.05, 0.1) is 6.04 Å². The van der Waals surface area contributed by atoms with E-state index in [0.717, 1.165) is 6.42 Å². The maximum atomic E-state index is 13.0. The summed E-state index contributed by atoms with van der Waals surface area (Å²) >= 11 is 0. The zero-order valence-corrected chi connectivity index (χ0v) is 10.6. The van der Waals surface area contributed by atoms with Gasteiger partial charge in [-0.25, -0.2) is 8.78 Å². The summed E-state index contributed by atoms with van der Waals surface area (Å²) in [5.74, 6) is -2.46. The molecule has 1 fully saturated rings. The van der Waals surface area contributed by atoms with E-state index in [1.54, 1.807) is 0 Å². The van der Waals surface area contributed by atoms with Crippen LogP contribution in [0.5, 0.6) is 0 Å². The van der Waals surface area contributed by atoms with Gasteiger partial charge in [0.25, 0.3) is 5.92 Å². The minimum Gasteiger partial charge on any atom is -0.309 e. The van der Waals surface area contributed by atoms with Crippen molar-refractivity contribution in [3.05, 3.63) is 24.3 Å². The van der Waals surface area contributed by atoms with Gasteiger partial charge in [0, 0.05) is 6.42 Å². The molecule has 0 heterocycles. The number of hydrogen-bond donors (Lipinski definition) is 1. The first-order valence-electron chi connectivity index (χ1n) is 6.59. The minimum atomic E-state index is -2.46. The molecule has 2 aliphatic carbocycles. The average Bonchev–Trinajstić information content (AvgIpc) is 2.35. The van der Waals surface area contributed by atoms with E-state index in [4.69, 9.17) is 0 Å². The lowest BCUT2D eigenvalue weighted by molar-refractivity contribution is -0.0629. The van der Waals surface area contributed by atoms with Gasteiger partial charge in [-0.1, -0.05) is 37.6 Å². The smallest absolute Gasteiger partial charge is 0.263 e. The molecule has 0 saturated heterocycles. The monoisotopic (exact) mass is 243 g/mol. The molecule has 1 nitrogen and oxygen atoms in total. The lowest BCUT2D eigenvalue weighted by Gasteiger charge is -2.31. The van der Waals surface area contributed by atoms with Crippen molar-refractivity contribution < 1.29 is 8.78 Å². The van der Waals surface area contributed by atoms with Gasteiger partial charge < -0.3 is 5.32 Å². The van der Waals surface area contributed by atoms with Crippen LogP contribution in [0.3, 0.4) is 0 Å². The van der Waals surface area contributed by atoms with Crippen molar-refractivity contribution in [3.63, 3.8) is 0 Å². The van der Waals surface area contributed by atoms with Crippen LogP contribution in [0, 0.1) is 0 Å². The highest BCUT2D eigenvalue weighted by molar-refractivity contribution is 5.07. The summed E-state index contributed by atoms with van der Waals surface area (Å²) in [4.78, 5) is 0. The number of hydrogen-bond acceptors (Lipinski definition) is 1. The molecule has 0 amide bonds. The fraction of sp³-hybridized carbons (Fsp3) is 0.714. The summed E-state index contributed by atoms with van der Waals surface area (Å²) in [6.07, 6.45) is 13.3. The van der Waals surface area contributed by atoms with Gasteiger partial charge in [-0.05, 0) is 32.2 Å². The molecule has 2 rings (SSSR count). The highest BCUT2D eigenvalue weighted by Crippen LogP contribution is 2.33. The fourth-order valence-electron chi connectivity index (χ4n) is 2.13. The molecular weight excluding hydrogens is 220 g/mol. The van der Waals surface area contributed by atoms with Gasteiger partial charge in [0.2, 0.25) is 0 Å². The third-order valence-corrected chi connectivity index (χ3v) is 3.10. The van der Waals surface area contributed by atoms with Gasteiger partial charge in [0.1, 0.15) is 0 Å². The van der Waals surface area contributed by atoms with Crippen LogP contribution in [-0.2, 0) is 0 Å². The SMILES string of the molecule is C1=CCCC=C1.CCNC1CCCCC1(F)F. The first-order chi connectivity index (χ1) is 8.17. The summed E-state index contributed by atoms with van der Waals surface area (Å²) in [5, 5.41) is 2.82. The Labute approximate surface area is 103 Å². The van der Waals surface area contributed by atoms with E-state index in [2.05, 4.69) is 29.6 Å². The van der Waals surface area contributed by atoms with Crippen molar-refractivity contribution in [2.45, 2.75) is 57.4 Å². The molecule has 1 saturated carbocycles. The second kappa shape index (κ2) is 7.59.